The molecule has 1 saturated carbocycles. The molecule has 5 rings (SSSR count). The minimum absolute atomic E-state index is 0.0289. The highest BCUT2D eigenvalue weighted by Crippen LogP contribution is 2.27. The third-order valence-corrected chi connectivity index (χ3v) is 8.11. The molecular formula is C27H38ClN5O. The van der Waals surface area contributed by atoms with Gasteiger partial charge in [-0.3, -0.25) is 19.5 Å². The summed E-state index contributed by atoms with van der Waals surface area (Å²) < 4.78 is 0. The quantitative estimate of drug-likeness (QED) is 0.623. The van der Waals surface area contributed by atoms with Gasteiger partial charge in [0.05, 0.1) is 6.17 Å². The molecule has 4 aliphatic rings. The summed E-state index contributed by atoms with van der Waals surface area (Å²) in [6, 6.07) is 8.87. The number of dihydropyridines is 1. The average molecular weight is 484 g/mol. The van der Waals surface area contributed by atoms with Gasteiger partial charge in [-0.1, -0.05) is 35.9 Å². The highest BCUT2D eigenvalue weighted by Gasteiger charge is 2.29. The predicted molar refractivity (Wildman–Crippen MR) is 137 cm³/mol. The van der Waals surface area contributed by atoms with Crippen molar-refractivity contribution in [2.75, 3.05) is 45.8 Å². The van der Waals surface area contributed by atoms with Crippen LogP contribution in [0.1, 0.15) is 37.7 Å². The second kappa shape index (κ2) is 11.3. The number of nitrogens with one attached hydrogen (secondary N) is 2. The Morgan fingerprint density at radius 2 is 1.76 bits per heavy atom. The zero-order chi connectivity index (χ0) is 23.3. The van der Waals surface area contributed by atoms with Gasteiger partial charge in [0.2, 0.25) is 0 Å². The zero-order valence-electron chi connectivity index (χ0n) is 20.1. The van der Waals surface area contributed by atoms with Crippen molar-refractivity contribution in [2.45, 2.75) is 50.9 Å². The van der Waals surface area contributed by atoms with Gasteiger partial charge < -0.3 is 10.6 Å². The molecular weight excluding hydrogens is 446 g/mol. The summed E-state index contributed by atoms with van der Waals surface area (Å²) in [7, 11) is 0. The monoisotopic (exact) mass is 483 g/mol. The predicted octanol–water partition coefficient (Wildman–Crippen LogP) is 3.21. The van der Waals surface area contributed by atoms with Gasteiger partial charge in [-0.2, -0.15) is 0 Å². The van der Waals surface area contributed by atoms with Crippen LogP contribution in [0.2, 0.25) is 5.02 Å². The van der Waals surface area contributed by atoms with Gasteiger partial charge in [0.1, 0.15) is 5.70 Å². The Morgan fingerprint density at radius 1 is 1.00 bits per heavy atom. The molecule has 1 unspecified atom stereocenters. The van der Waals surface area contributed by atoms with Gasteiger partial charge >= 0.3 is 0 Å². The fraction of sp³-hybridized carbons (Fsp3) is 0.593. The molecule has 0 aromatic heterocycles. The fourth-order valence-corrected chi connectivity index (χ4v) is 5.63. The second-order valence-electron chi connectivity index (χ2n) is 10.2. The second-order valence-corrected chi connectivity index (χ2v) is 10.6. The van der Waals surface area contributed by atoms with Crippen molar-refractivity contribution in [2.24, 2.45) is 5.92 Å². The number of hydrogen-bond donors (Lipinski definition) is 2. The van der Waals surface area contributed by atoms with Gasteiger partial charge in [-0.15, -0.1) is 0 Å². The van der Waals surface area contributed by atoms with E-state index in [-0.39, 0.29) is 12.1 Å². The summed E-state index contributed by atoms with van der Waals surface area (Å²) in [5.74, 6) is 0.723. The number of carbonyl (C=O) groups is 1. The summed E-state index contributed by atoms with van der Waals surface area (Å²) in [6.45, 7) is 8.35. The Bertz CT molecular complexity index is 906. The lowest BCUT2D eigenvalue weighted by atomic mass is 10.0. The SMILES string of the molecule is O=C(NCC1CC1)C1=CC=CC(N2CCCN(C3CCN(Cc4ccccc4Cl)CC3)CC2)N1. The van der Waals surface area contributed by atoms with Crippen molar-refractivity contribution in [1.29, 1.82) is 0 Å². The van der Waals surface area contributed by atoms with Crippen LogP contribution in [0.4, 0.5) is 0 Å². The molecule has 0 radical (unpaired) electrons. The zero-order valence-corrected chi connectivity index (χ0v) is 20.8. The summed E-state index contributed by atoms with van der Waals surface area (Å²) in [5, 5.41) is 7.43. The number of carbonyl (C=O) groups excluding carboxylic acids is 1. The van der Waals surface area contributed by atoms with Gasteiger partial charge in [0, 0.05) is 43.8 Å². The molecule has 7 heteroatoms. The summed E-state index contributed by atoms with van der Waals surface area (Å²) in [4.78, 5) is 20.3. The Morgan fingerprint density at radius 3 is 2.56 bits per heavy atom. The fourth-order valence-electron chi connectivity index (χ4n) is 5.43. The van der Waals surface area contributed by atoms with Crippen molar-refractivity contribution < 1.29 is 4.79 Å². The molecule has 1 amide bonds. The smallest absolute Gasteiger partial charge is 0.267 e. The number of hydrogen-bond acceptors (Lipinski definition) is 5. The molecule has 0 bridgehead atoms. The number of nitrogens with zero attached hydrogens (tertiary/aromatic N) is 3. The van der Waals surface area contributed by atoms with E-state index in [0.29, 0.717) is 17.7 Å². The van der Waals surface area contributed by atoms with Crippen LogP contribution >= 0.6 is 11.6 Å². The van der Waals surface area contributed by atoms with E-state index in [1.807, 2.05) is 24.3 Å². The maximum Gasteiger partial charge on any atom is 0.267 e. The first kappa shape index (κ1) is 23.9. The molecule has 2 N–H and O–H groups in total. The molecule has 3 heterocycles. The van der Waals surface area contributed by atoms with Crippen molar-refractivity contribution in [3.05, 3.63) is 58.8 Å². The molecule has 0 spiro atoms. The minimum atomic E-state index is 0.0289. The third kappa shape index (κ3) is 6.22. The Hall–Kier alpha value is -1.86. The van der Waals surface area contributed by atoms with Gasteiger partial charge in [-0.05, 0) is 81.4 Å². The maximum absolute atomic E-state index is 12.5. The van der Waals surface area contributed by atoms with Crippen LogP contribution in [0, 0.1) is 5.92 Å². The van der Waals surface area contributed by atoms with E-state index in [1.54, 1.807) is 0 Å². The minimum Gasteiger partial charge on any atom is -0.362 e. The number of halogens is 1. The first-order valence-corrected chi connectivity index (χ1v) is 13.4. The molecule has 3 fully saturated rings. The van der Waals surface area contributed by atoms with Crippen LogP contribution in [0.3, 0.4) is 0 Å². The van der Waals surface area contributed by atoms with Gasteiger partial charge in [0.15, 0.2) is 0 Å². The van der Waals surface area contributed by atoms with Crippen molar-refractivity contribution in [3.8, 4) is 0 Å². The number of piperidine rings is 1. The van der Waals surface area contributed by atoms with Gasteiger partial charge in [0.25, 0.3) is 5.91 Å². The van der Waals surface area contributed by atoms with E-state index in [2.05, 4.69) is 43.5 Å². The van der Waals surface area contributed by atoms with Crippen LogP contribution in [-0.4, -0.2) is 78.6 Å². The average Bonchev–Trinajstić information content (AvgIpc) is 3.72. The molecule has 3 aliphatic heterocycles. The highest BCUT2D eigenvalue weighted by atomic mass is 35.5. The topological polar surface area (TPSA) is 50.9 Å². The molecule has 1 aliphatic carbocycles. The normalized spacial score (nSPS) is 25.4. The molecule has 34 heavy (non-hydrogen) atoms. The van der Waals surface area contributed by atoms with E-state index in [1.165, 1.54) is 37.7 Å². The van der Waals surface area contributed by atoms with Gasteiger partial charge in [-0.25, -0.2) is 0 Å². The molecule has 1 atom stereocenters. The Kier molecular flexibility index (Phi) is 7.90. The third-order valence-electron chi connectivity index (χ3n) is 7.74. The van der Waals surface area contributed by atoms with Crippen molar-refractivity contribution in [3.63, 3.8) is 0 Å². The molecule has 184 valence electrons. The Balaban J connectivity index is 1.07. The van der Waals surface area contributed by atoms with Crippen molar-refractivity contribution >= 4 is 17.5 Å². The number of benzene rings is 1. The summed E-state index contributed by atoms with van der Waals surface area (Å²) in [6.07, 6.45) is 12.3. The summed E-state index contributed by atoms with van der Waals surface area (Å²) >= 11 is 6.37. The first-order valence-electron chi connectivity index (χ1n) is 13.0. The number of allylic oxidation sites excluding steroid dienone is 2. The molecule has 1 aromatic carbocycles. The largest absolute Gasteiger partial charge is 0.362 e. The van der Waals surface area contributed by atoms with Crippen LogP contribution < -0.4 is 10.6 Å². The lowest BCUT2D eigenvalue weighted by Gasteiger charge is -2.38. The first-order chi connectivity index (χ1) is 16.7. The number of amides is 1. The van der Waals surface area contributed by atoms with Crippen molar-refractivity contribution in [1.82, 2.24) is 25.3 Å². The van der Waals surface area contributed by atoms with E-state index in [4.69, 9.17) is 11.6 Å². The Labute approximate surface area is 209 Å². The van der Waals surface area contributed by atoms with Crippen LogP contribution in [0.15, 0.2) is 48.2 Å². The van der Waals surface area contributed by atoms with Crippen LogP contribution in [0.25, 0.3) is 0 Å². The van der Waals surface area contributed by atoms with E-state index in [0.717, 1.165) is 57.4 Å². The summed E-state index contributed by atoms with van der Waals surface area (Å²) in [5.41, 5.74) is 1.93. The standard InChI is InChI=1S/C27H38ClN5O/c28-24-6-2-1-5-22(24)20-31-15-11-23(12-16-31)32-13-4-14-33(18-17-32)26-8-3-7-25(30-26)27(34)29-19-21-9-10-21/h1-3,5-8,21,23,26,30H,4,9-20H2,(H,29,34). The van der Waals surface area contributed by atoms with Crippen LogP contribution in [-0.2, 0) is 11.3 Å². The van der Waals surface area contributed by atoms with E-state index < -0.39 is 0 Å². The maximum atomic E-state index is 12.5. The lowest BCUT2D eigenvalue weighted by molar-refractivity contribution is -0.118. The van der Waals surface area contributed by atoms with E-state index in [9.17, 15) is 4.79 Å². The number of likely N-dealkylation sites (tertiary alicyclic amines) is 1. The van der Waals surface area contributed by atoms with Crippen LogP contribution in [0.5, 0.6) is 0 Å². The lowest BCUT2D eigenvalue weighted by Crippen LogP contribution is -2.50. The highest BCUT2D eigenvalue weighted by molar-refractivity contribution is 6.31. The number of rotatable bonds is 7. The molecule has 2 saturated heterocycles. The van der Waals surface area contributed by atoms with E-state index >= 15 is 0 Å². The molecule has 6 nitrogen and oxygen atoms in total. The molecule has 1 aromatic rings.